The summed E-state index contributed by atoms with van der Waals surface area (Å²) in [6.07, 6.45) is 4.68. The number of fused-ring (bicyclic) bond motifs is 1. The first-order valence-electron chi connectivity index (χ1n) is 13.9. The van der Waals surface area contributed by atoms with Crippen molar-refractivity contribution < 1.29 is 14.3 Å². The number of aliphatic hydroxyl groups excluding tert-OH is 1. The molecule has 0 spiro atoms. The van der Waals surface area contributed by atoms with Crippen molar-refractivity contribution >= 4 is 34.3 Å². The molecule has 12 heteroatoms. The van der Waals surface area contributed by atoms with E-state index < -0.39 is 0 Å². The number of aliphatic hydroxyl groups is 1. The number of rotatable bonds is 7. The number of anilines is 2. The van der Waals surface area contributed by atoms with Gasteiger partial charge in [0.2, 0.25) is 5.91 Å². The molecule has 2 aromatic heterocycles. The molecular formula is C29H33FN8O2S. The summed E-state index contributed by atoms with van der Waals surface area (Å²) in [4.78, 5) is 31.0. The Morgan fingerprint density at radius 3 is 2.56 bits per heavy atom. The molecule has 214 valence electrons. The number of hydrogen-bond donors (Lipinski definition) is 1. The van der Waals surface area contributed by atoms with Crippen LogP contribution in [0.4, 0.5) is 15.3 Å². The highest BCUT2D eigenvalue weighted by molar-refractivity contribution is 7.16. The molecule has 10 nitrogen and oxygen atoms in total. The van der Waals surface area contributed by atoms with Gasteiger partial charge in [-0.2, -0.15) is 5.26 Å². The van der Waals surface area contributed by atoms with E-state index in [1.54, 1.807) is 17.0 Å². The van der Waals surface area contributed by atoms with E-state index in [2.05, 4.69) is 39.5 Å². The smallest absolute Gasteiger partial charge is 0.236 e. The summed E-state index contributed by atoms with van der Waals surface area (Å²) in [6.45, 7) is 7.48. The first-order valence-corrected chi connectivity index (χ1v) is 14.8. The number of halogens is 1. The average molecular weight is 577 g/mol. The van der Waals surface area contributed by atoms with Gasteiger partial charge >= 0.3 is 0 Å². The van der Waals surface area contributed by atoms with Crippen LogP contribution in [0.15, 0.2) is 30.3 Å². The second-order valence-electron chi connectivity index (χ2n) is 10.7. The van der Waals surface area contributed by atoms with Crippen LogP contribution in [0.1, 0.15) is 23.3 Å². The van der Waals surface area contributed by atoms with Crippen LogP contribution in [0, 0.1) is 17.1 Å². The van der Waals surface area contributed by atoms with Crippen LogP contribution >= 0.6 is 11.3 Å². The summed E-state index contributed by atoms with van der Waals surface area (Å²) >= 11 is 1.32. The van der Waals surface area contributed by atoms with Crippen LogP contribution in [-0.4, -0.2) is 105 Å². The quantitative estimate of drug-likeness (QED) is 0.458. The van der Waals surface area contributed by atoms with Gasteiger partial charge in [-0.05, 0) is 36.8 Å². The lowest BCUT2D eigenvalue weighted by Gasteiger charge is -2.41. The number of piperazine rings is 1. The summed E-state index contributed by atoms with van der Waals surface area (Å²) in [5.41, 5.74) is 2.22. The van der Waals surface area contributed by atoms with Crippen molar-refractivity contribution in [3.63, 3.8) is 0 Å². The Balaban J connectivity index is 1.17. The fourth-order valence-electron chi connectivity index (χ4n) is 5.74. The van der Waals surface area contributed by atoms with Crippen molar-refractivity contribution in [2.24, 2.45) is 0 Å². The van der Waals surface area contributed by atoms with Gasteiger partial charge in [0.1, 0.15) is 34.1 Å². The standard InChI is InChI=1S/C29H33FN8O2S/c1-3-23-28(34(2)29-33-27(24(14-31)41-29)19-4-6-20(30)7-5-19)38-15-21(8-9-25(38)32-23)36-12-10-35(11-13-36)18-26(40)37-16-22(39)17-37/h4-9,21-22,39H,3,10-13,15-18H2,1-2H3. The number of carbonyl (C=O) groups is 1. The Bertz CT molecular complexity index is 1500. The molecule has 3 aliphatic heterocycles. The van der Waals surface area contributed by atoms with E-state index in [4.69, 9.17) is 9.97 Å². The number of hydrogen-bond acceptors (Lipinski definition) is 9. The number of thiazole rings is 1. The van der Waals surface area contributed by atoms with Crippen molar-refractivity contribution in [2.75, 3.05) is 57.8 Å². The maximum absolute atomic E-state index is 13.5. The Morgan fingerprint density at radius 2 is 1.90 bits per heavy atom. The number of β-amino-alcohol motifs (C(OH)–C–C–N with tert-alkyl or cyclic N) is 1. The van der Waals surface area contributed by atoms with Gasteiger partial charge in [0.05, 0.1) is 18.3 Å². The number of nitriles is 1. The van der Waals surface area contributed by atoms with Crippen LogP contribution < -0.4 is 4.90 Å². The number of benzene rings is 1. The van der Waals surface area contributed by atoms with E-state index in [0.717, 1.165) is 56.5 Å². The second kappa shape index (κ2) is 11.3. The normalized spacial score (nSPS) is 19.6. The van der Waals surface area contributed by atoms with Crippen LogP contribution in [0.3, 0.4) is 0 Å². The van der Waals surface area contributed by atoms with Gasteiger partial charge in [0.25, 0.3) is 0 Å². The van der Waals surface area contributed by atoms with Gasteiger partial charge in [0, 0.05) is 64.5 Å². The van der Waals surface area contributed by atoms with Gasteiger partial charge in [0.15, 0.2) is 5.13 Å². The van der Waals surface area contributed by atoms with E-state index in [1.165, 1.54) is 23.5 Å². The summed E-state index contributed by atoms with van der Waals surface area (Å²) in [6, 6.07) is 8.50. The lowest BCUT2D eigenvalue weighted by molar-refractivity contribution is -0.142. The number of imidazole rings is 1. The van der Waals surface area contributed by atoms with E-state index >= 15 is 0 Å². The molecule has 6 rings (SSSR count). The molecule has 1 unspecified atom stereocenters. The predicted octanol–water partition coefficient (Wildman–Crippen LogP) is 2.56. The maximum atomic E-state index is 13.5. The molecule has 0 saturated carbocycles. The molecule has 2 saturated heterocycles. The Morgan fingerprint density at radius 1 is 1.17 bits per heavy atom. The largest absolute Gasteiger partial charge is 0.389 e. The Kier molecular flexibility index (Phi) is 7.61. The maximum Gasteiger partial charge on any atom is 0.236 e. The van der Waals surface area contributed by atoms with Crippen molar-refractivity contribution in [1.82, 2.24) is 29.2 Å². The Labute approximate surface area is 242 Å². The summed E-state index contributed by atoms with van der Waals surface area (Å²) in [7, 11) is 1.96. The molecule has 0 aliphatic carbocycles. The number of nitrogens with zero attached hydrogens (tertiary/aromatic N) is 8. The van der Waals surface area contributed by atoms with Crippen molar-refractivity contribution in [3.05, 3.63) is 52.6 Å². The van der Waals surface area contributed by atoms with Crippen LogP contribution in [-0.2, 0) is 17.8 Å². The lowest BCUT2D eigenvalue weighted by Crippen LogP contribution is -2.58. The van der Waals surface area contributed by atoms with Crippen molar-refractivity contribution in [1.29, 1.82) is 5.26 Å². The van der Waals surface area contributed by atoms with Gasteiger partial charge < -0.3 is 19.5 Å². The minimum atomic E-state index is -0.375. The number of aryl methyl sites for hydroxylation is 1. The minimum Gasteiger partial charge on any atom is -0.389 e. The van der Waals surface area contributed by atoms with E-state index in [9.17, 15) is 19.6 Å². The molecule has 0 radical (unpaired) electrons. The summed E-state index contributed by atoms with van der Waals surface area (Å²) < 4.78 is 15.7. The fourth-order valence-corrected chi connectivity index (χ4v) is 6.59. The molecular weight excluding hydrogens is 543 g/mol. The second-order valence-corrected chi connectivity index (χ2v) is 11.7. The first-order chi connectivity index (χ1) is 19.8. The molecule has 1 N–H and O–H groups in total. The van der Waals surface area contributed by atoms with Gasteiger partial charge in [-0.1, -0.05) is 24.3 Å². The van der Waals surface area contributed by atoms with Gasteiger partial charge in [-0.25, -0.2) is 14.4 Å². The molecule has 3 aliphatic rings. The van der Waals surface area contributed by atoms with Crippen LogP contribution in [0.5, 0.6) is 0 Å². The summed E-state index contributed by atoms with van der Waals surface area (Å²) in [5.74, 6) is 1.62. The number of carbonyl (C=O) groups excluding carboxylic acids is 1. The molecule has 1 aromatic carbocycles. The highest BCUT2D eigenvalue weighted by Crippen LogP contribution is 2.38. The molecule has 41 heavy (non-hydrogen) atoms. The third kappa shape index (κ3) is 5.38. The minimum absolute atomic E-state index is 0.0912. The van der Waals surface area contributed by atoms with Crippen LogP contribution in [0.25, 0.3) is 17.3 Å². The molecule has 1 amide bonds. The molecule has 5 heterocycles. The average Bonchev–Trinajstić information content (AvgIpc) is 3.57. The third-order valence-corrected chi connectivity index (χ3v) is 9.14. The number of likely N-dealkylation sites (tertiary alicyclic amines) is 1. The lowest BCUT2D eigenvalue weighted by atomic mass is 10.1. The predicted molar refractivity (Wildman–Crippen MR) is 155 cm³/mol. The molecule has 2 fully saturated rings. The zero-order valence-corrected chi connectivity index (χ0v) is 24.0. The van der Waals surface area contributed by atoms with Gasteiger partial charge in [-0.15, -0.1) is 0 Å². The van der Waals surface area contributed by atoms with E-state index in [-0.39, 0.29) is 23.9 Å². The molecule has 3 aromatic rings. The monoisotopic (exact) mass is 576 g/mol. The van der Waals surface area contributed by atoms with Crippen molar-refractivity contribution in [3.8, 4) is 17.3 Å². The first kappa shape index (κ1) is 27.5. The SMILES string of the molecule is CCc1nc2n(c1N(C)c1nc(-c3ccc(F)cc3)c(C#N)s1)CC(N1CCN(CC(=O)N3CC(O)C3)CC1)C=C2. The fraction of sp³-hybridized carbons (Fsp3) is 0.448. The highest BCUT2D eigenvalue weighted by Gasteiger charge is 2.32. The van der Waals surface area contributed by atoms with E-state index in [0.29, 0.717) is 40.9 Å². The zero-order valence-electron chi connectivity index (χ0n) is 23.2. The van der Waals surface area contributed by atoms with Crippen LogP contribution in [0.2, 0.25) is 0 Å². The highest BCUT2D eigenvalue weighted by atomic mass is 32.1. The molecule has 0 bridgehead atoms. The Hall–Kier alpha value is -3.63. The zero-order chi connectivity index (χ0) is 28.7. The number of amides is 1. The van der Waals surface area contributed by atoms with Crippen molar-refractivity contribution in [2.45, 2.75) is 32.0 Å². The topological polar surface area (TPSA) is 105 Å². The molecule has 1 atom stereocenters. The summed E-state index contributed by atoms with van der Waals surface area (Å²) in [5, 5.41) is 20.0. The van der Waals surface area contributed by atoms with Gasteiger partial charge in [-0.3, -0.25) is 14.6 Å². The third-order valence-electron chi connectivity index (χ3n) is 8.10. The van der Waals surface area contributed by atoms with E-state index in [1.807, 2.05) is 11.9 Å². The number of aromatic nitrogens is 3.